The third-order valence-corrected chi connectivity index (χ3v) is 4.57. The molecule has 2 saturated carbocycles. The first kappa shape index (κ1) is 11.4. The highest BCUT2D eigenvalue weighted by Gasteiger charge is 2.38. The fraction of sp³-hybridized carbons (Fsp3) is 1.00. The number of aliphatic hydroxyl groups is 1. The Hall–Kier alpha value is -0.0800. The van der Waals surface area contributed by atoms with E-state index in [2.05, 4.69) is 12.2 Å². The van der Waals surface area contributed by atoms with Gasteiger partial charge >= 0.3 is 0 Å². The van der Waals surface area contributed by atoms with E-state index in [0.717, 1.165) is 5.92 Å². The predicted octanol–water partition coefficient (Wildman–Crippen LogP) is 2.32. The zero-order valence-corrected chi connectivity index (χ0v) is 9.97. The quantitative estimate of drug-likeness (QED) is 0.748. The van der Waals surface area contributed by atoms with Gasteiger partial charge < -0.3 is 10.4 Å². The van der Waals surface area contributed by atoms with Crippen molar-refractivity contribution in [3.8, 4) is 0 Å². The summed E-state index contributed by atoms with van der Waals surface area (Å²) < 4.78 is 0. The maximum Gasteiger partial charge on any atom is 0.0499 e. The topological polar surface area (TPSA) is 32.3 Å². The van der Waals surface area contributed by atoms with Crippen molar-refractivity contribution in [1.29, 1.82) is 0 Å². The smallest absolute Gasteiger partial charge is 0.0499 e. The molecule has 2 heteroatoms. The van der Waals surface area contributed by atoms with Gasteiger partial charge in [-0.05, 0) is 38.1 Å². The highest BCUT2D eigenvalue weighted by molar-refractivity contribution is 4.93. The van der Waals surface area contributed by atoms with E-state index in [0.29, 0.717) is 12.6 Å². The Labute approximate surface area is 93.5 Å². The lowest BCUT2D eigenvalue weighted by Crippen LogP contribution is -2.43. The van der Waals surface area contributed by atoms with Crippen molar-refractivity contribution in [3.05, 3.63) is 0 Å². The Morgan fingerprint density at radius 3 is 2.60 bits per heavy atom. The summed E-state index contributed by atoms with van der Waals surface area (Å²) in [5.41, 5.74) is 0.151. The van der Waals surface area contributed by atoms with Crippen molar-refractivity contribution < 1.29 is 5.11 Å². The van der Waals surface area contributed by atoms with Gasteiger partial charge in [0.05, 0.1) is 0 Å². The molecule has 2 unspecified atom stereocenters. The summed E-state index contributed by atoms with van der Waals surface area (Å²) in [6, 6.07) is 0.558. The first-order chi connectivity index (χ1) is 7.24. The summed E-state index contributed by atoms with van der Waals surface area (Å²) >= 11 is 0. The SMILES string of the molecule is CC1(CO)CCCC1NCC1CCCC1. The molecule has 2 aliphatic carbocycles. The van der Waals surface area contributed by atoms with Crippen molar-refractivity contribution in [3.63, 3.8) is 0 Å². The summed E-state index contributed by atoms with van der Waals surface area (Å²) in [5, 5.41) is 13.2. The summed E-state index contributed by atoms with van der Waals surface area (Å²) in [7, 11) is 0. The van der Waals surface area contributed by atoms with Crippen LogP contribution in [0.3, 0.4) is 0 Å². The maximum absolute atomic E-state index is 9.45. The van der Waals surface area contributed by atoms with Gasteiger partial charge in [0.25, 0.3) is 0 Å². The van der Waals surface area contributed by atoms with E-state index in [9.17, 15) is 5.11 Å². The molecule has 0 amide bonds. The first-order valence-corrected chi connectivity index (χ1v) is 6.59. The zero-order chi connectivity index (χ0) is 10.7. The zero-order valence-electron chi connectivity index (χ0n) is 9.97. The van der Waals surface area contributed by atoms with E-state index in [1.165, 1.54) is 51.5 Å². The number of nitrogens with one attached hydrogen (secondary N) is 1. The van der Waals surface area contributed by atoms with Crippen LogP contribution in [0.2, 0.25) is 0 Å². The Morgan fingerprint density at radius 1 is 1.20 bits per heavy atom. The fourth-order valence-electron chi connectivity index (χ4n) is 3.29. The Morgan fingerprint density at radius 2 is 1.93 bits per heavy atom. The molecule has 0 aliphatic heterocycles. The first-order valence-electron chi connectivity index (χ1n) is 6.59. The molecule has 2 fully saturated rings. The van der Waals surface area contributed by atoms with Crippen molar-refractivity contribution in [2.24, 2.45) is 11.3 Å². The minimum absolute atomic E-state index is 0.151. The predicted molar refractivity (Wildman–Crippen MR) is 62.8 cm³/mol. The second-order valence-electron chi connectivity index (χ2n) is 5.82. The van der Waals surface area contributed by atoms with Gasteiger partial charge in [-0.3, -0.25) is 0 Å². The van der Waals surface area contributed by atoms with Crippen molar-refractivity contribution >= 4 is 0 Å². The average molecular weight is 211 g/mol. The van der Waals surface area contributed by atoms with E-state index in [4.69, 9.17) is 0 Å². The monoisotopic (exact) mass is 211 g/mol. The minimum atomic E-state index is 0.151. The third kappa shape index (κ3) is 2.54. The molecule has 0 bridgehead atoms. The lowest BCUT2D eigenvalue weighted by atomic mass is 9.85. The molecule has 0 saturated heterocycles. The van der Waals surface area contributed by atoms with Gasteiger partial charge in [0, 0.05) is 18.1 Å². The van der Waals surface area contributed by atoms with Crippen LogP contribution in [0.25, 0.3) is 0 Å². The average Bonchev–Trinajstić information content (AvgIpc) is 2.85. The van der Waals surface area contributed by atoms with Crippen LogP contribution in [0.15, 0.2) is 0 Å². The van der Waals surface area contributed by atoms with Crippen molar-refractivity contribution in [2.75, 3.05) is 13.2 Å². The normalized spacial score (nSPS) is 37.6. The van der Waals surface area contributed by atoms with E-state index >= 15 is 0 Å². The molecular weight excluding hydrogens is 186 g/mol. The number of rotatable bonds is 4. The standard InChI is InChI=1S/C13H25NO/c1-13(10-15)8-4-7-12(13)14-9-11-5-2-3-6-11/h11-12,14-15H,2-10H2,1H3. The molecule has 0 aromatic heterocycles. The van der Waals surface area contributed by atoms with Crippen LogP contribution in [-0.2, 0) is 0 Å². The van der Waals surface area contributed by atoms with E-state index in [1.807, 2.05) is 0 Å². The van der Waals surface area contributed by atoms with Crippen LogP contribution in [0.1, 0.15) is 51.9 Å². The van der Waals surface area contributed by atoms with Crippen LogP contribution >= 0.6 is 0 Å². The van der Waals surface area contributed by atoms with Gasteiger partial charge in [0.2, 0.25) is 0 Å². The lowest BCUT2D eigenvalue weighted by Gasteiger charge is -2.31. The maximum atomic E-state index is 9.45. The number of hydrogen-bond acceptors (Lipinski definition) is 2. The van der Waals surface area contributed by atoms with Gasteiger partial charge in [0.15, 0.2) is 0 Å². The van der Waals surface area contributed by atoms with Crippen LogP contribution in [-0.4, -0.2) is 24.3 Å². The number of hydrogen-bond donors (Lipinski definition) is 2. The molecule has 0 radical (unpaired) electrons. The second-order valence-corrected chi connectivity index (χ2v) is 5.82. The fourth-order valence-corrected chi connectivity index (χ4v) is 3.29. The number of aliphatic hydroxyl groups excluding tert-OH is 1. The van der Waals surface area contributed by atoms with Crippen LogP contribution in [0, 0.1) is 11.3 Å². The largest absolute Gasteiger partial charge is 0.396 e. The van der Waals surface area contributed by atoms with Crippen molar-refractivity contribution in [2.45, 2.75) is 57.9 Å². The van der Waals surface area contributed by atoms with Crippen LogP contribution < -0.4 is 5.32 Å². The summed E-state index contributed by atoms with van der Waals surface area (Å²) in [5.74, 6) is 0.911. The van der Waals surface area contributed by atoms with E-state index in [-0.39, 0.29) is 5.41 Å². The minimum Gasteiger partial charge on any atom is -0.396 e. The van der Waals surface area contributed by atoms with Gasteiger partial charge in [-0.1, -0.05) is 26.2 Å². The summed E-state index contributed by atoms with van der Waals surface area (Å²) in [4.78, 5) is 0. The van der Waals surface area contributed by atoms with E-state index < -0.39 is 0 Å². The van der Waals surface area contributed by atoms with Crippen LogP contribution in [0.4, 0.5) is 0 Å². The Kier molecular flexibility index (Phi) is 3.68. The molecule has 2 nitrogen and oxygen atoms in total. The van der Waals surface area contributed by atoms with E-state index in [1.54, 1.807) is 0 Å². The summed E-state index contributed by atoms with van der Waals surface area (Å²) in [6.45, 7) is 3.75. The Bertz CT molecular complexity index is 201. The molecule has 0 heterocycles. The van der Waals surface area contributed by atoms with Gasteiger partial charge in [-0.2, -0.15) is 0 Å². The highest BCUT2D eigenvalue weighted by Crippen LogP contribution is 2.37. The molecule has 0 spiro atoms. The third-order valence-electron chi connectivity index (χ3n) is 4.57. The lowest BCUT2D eigenvalue weighted by molar-refractivity contribution is 0.117. The van der Waals surface area contributed by atoms with Crippen molar-refractivity contribution in [1.82, 2.24) is 5.32 Å². The van der Waals surface area contributed by atoms with Gasteiger partial charge in [-0.15, -0.1) is 0 Å². The Balaban J connectivity index is 1.78. The molecular formula is C13H25NO. The highest BCUT2D eigenvalue weighted by atomic mass is 16.3. The molecule has 2 aliphatic rings. The second kappa shape index (κ2) is 4.84. The van der Waals surface area contributed by atoms with Gasteiger partial charge in [0.1, 0.15) is 0 Å². The van der Waals surface area contributed by atoms with Crippen LogP contribution in [0.5, 0.6) is 0 Å². The molecule has 0 aromatic rings. The summed E-state index contributed by atoms with van der Waals surface area (Å²) in [6.07, 6.45) is 9.39. The van der Waals surface area contributed by atoms with Gasteiger partial charge in [-0.25, -0.2) is 0 Å². The molecule has 0 aromatic carbocycles. The molecule has 88 valence electrons. The molecule has 2 N–H and O–H groups in total. The molecule has 15 heavy (non-hydrogen) atoms. The molecule has 2 rings (SSSR count). The molecule has 2 atom stereocenters.